The van der Waals surface area contributed by atoms with Crippen molar-refractivity contribution in [3.63, 3.8) is 0 Å². The first-order chi connectivity index (χ1) is 7.83. The van der Waals surface area contributed by atoms with Gasteiger partial charge in [-0.05, 0) is 12.1 Å². The smallest absolute Gasteiger partial charge is 0.191 e. The first-order valence-corrected chi connectivity index (χ1v) is 5.95. The fourth-order valence-electron chi connectivity index (χ4n) is 1.31. The minimum Gasteiger partial charge on any atom is -0.330 e. The van der Waals surface area contributed by atoms with Gasteiger partial charge in [-0.1, -0.05) is 17.8 Å². The summed E-state index contributed by atoms with van der Waals surface area (Å²) in [5, 5.41) is 9.10. The van der Waals surface area contributed by atoms with Crippen LogP contribution in [0.5, 0.6) is 0 Å². The fourth-order valence-corrected chi connectivity index (χ4v) is 1.99. The van der Waals surface area contributed by atoms with Gasteiger partial charge in [0.2, 0.25) is 0 Å². The van der Waals surface area contributed by atoms with E-state index < -0.39 is 0 Å². The molecule has 0 unspecified atom stereocenters. The minimum absolute atomic E-state index is 0.635. The quantitative estimate of drug-likeness (QED) is 0.798. The number of pyridine rings is 1. The van der Waals surface area contributed by atoms with Crippen LogP contribution in [0.1, 0.15) is 0 Å². The van der Waals surface area contributed by atoms with Crippen molar-refractivity contribution in [1.82, 2.24) is 19.7 Å². The van der Waals surface area contributed by atoms with E-state index >= 15 is 0 Å². The molecule has 5 nitrogen and oxygen atoms in total. The zero-order valence-electron chi connectivity index (χ0n) is 9.00. The first-order valence-electron chi connectivity index (χ1n) is 4.96. The Balaban J connectivity index is 2.27. The molecule has 0 bridgehead atoms. The third kappa shape index (κ3) is 2.23. The van der Waals surface area contributed by atoms with Gasteiger partial charge in [-0.15, -0.1) is 10.2 Å². The van der Waals surface area contributed by atoms with E-state index in [4.69, 9.17) is 5.73 Å². The van der Waals surface area contributed by atoms with Crippen LogP contribution in [0.15, 0.2) is 29.6 Å². The molecule has 0 spiro atoms. The number of nitrogens with two attached hydrogens (primary N) is 1. The van der Waals surface area contributed by atoms with Gasteiger partial charge in [0, 0.05) is 25.5 Å². The third-order valence-corrected chi connectivity index (χ3v) is 3.13. The van der Waals surface area contributed by atoms with Crippen LogP contribution in [0.25, 0.3) is 11.5 Å². The Morgan fingerprint density at radius 3 is 2.94 bits per heavy atom. The van der Waals surface area contributed by atoms with Crippen LogP contribution in [0.4, 0.5) is 0 Å². The van der Waals surface area contributed by atoms with Crippen LogP contribution >= 0.6 is 11.8 Å². The zero-order chi connectivity index (χ0) is 11.4. The number of thioether (sulfide) groups is 1. The number of aromatic nitrogens is 4. The van der Waals surface area contributed by atoms with E-state index in [1.165, 1.54) is 0 Å². The molecular weight excluding hydrogens is 222 g/mol. The molecule has 0 aliphatic carbocycles. The van der Waals surface area contributed by atoms with E-state index in [1.807, 2.05) is 29.8 Å². The molecule has 0 radical (unpaired) electrons. The molecule has 0 atom stereocenters. The lowest BCUT2D eigenvalue weighted by Crippen LogP contribution is -2.03. The number of hydrogen-bond donors (Lipinski definition) is 1. The van der Waals surface area contributed by atoms with Gasteiger partial charge < -0.3 is 10.3 Å². The van der Waals surface area contributed by atoms with Crippen LogP contribution in [0.2, 0.25) is 0 Å². The normalized spacial score (nSPS) is 10.6. The number of hydrogen-bond acceptors (Lipinski definition) is 5. The average Bonchev–Trinajstić information content (AvgIpc) is 2.69. The summed E-state index contributed by atoms with van der Waals surface area (Å²) in [6.45, 7) is 0.635. The molecule has 16 heavy (non-hydrogen) atoms. The Morgan fingerprint density at radius 2 is 2.25 bits per heavy atom. The second-order valence-electron chi connectivity index (χ2n) is 3.22. The SMILES string of the molecule is Cn1c(SCCN)nnc1-c1ccccn1. The van der Waals surface area contributed by atoms with Crippen LogP contribution < -0.4 is 5.73 Å². The Kier molecular flexibility index (Phi) is 3.53. The molecule has 2 aromatic rings. The molecule has 6 heteroatoms. The standard InChI is InChI=1S/C10H13N5S/c1-15-9(8-4-2-3-6-12-8)13-14-10(15)16-7-5-11/h2-4,6H,5,7,11H2,1H3. The second kappa shape index (κ2) is 5.09. The van der Waals surface area contributed by atoms with Gasteiger partial charge >= 0.3 is 0 Å². The predicted octanol–water partition coefficient (Wildman–Crippen LogP) is 0.928. The van der Waals surface area contributed by atoms with E-state index in [1.54, 1.807) is 18.0 Å². The molecule has 2 heterocycles. The highest BCUT2D eigenvalue weighted by atomic mass is 32.2. The van der Waals surface area contributed by atoms with Gasteiger partial charge in [-0.2, -0.15) is 0 Å². The summed E-state index contributed by atoms with van der Waals surface area (Å²) in [5.74, 6) is 1.62. The Morgan fingerprint density at radius 1 is 1.38 bits per heavy atom. The van der Waals surface area contributed by atoms with E-state index in [2.05, 4.69) is 15.2 Å². The number of rotatable bonds is 4. The summed E-state index contributed by atoms with van der Waals surface area (Å²) in [6, 6.07) is 5.73. The molecule has 2 N–H and O–H groups in total. The highest BCUT2D eigenvalue weighted by Gasteiger charge is 2.10. The zero-order valence-corrected chi connectivity index (χ0v) is 9.81. The minimum atomic E-state index is 0.635. The molecule has 0 aliphatic rings. The van der Waals surface area contributed by atoms with Crippen LogP contribution in [-0.4, -0.2) is 32.0 Å². The second-order valence-corrected chi connectivity index (χ2v) is 4.28. The summed E-state index contributed by atoms with van der Waals surface area (Å²) in [6.07, 6.45) is 1.75. The molecule has 0 fully saturated rings. The third-order valence-electron chi connectivity index (χ3n) is 2.08. The van der Waals surface area contributed by atoms with Crippen molar-refractivity contribution in [3.05, 3.63) is 24.4 Å². The van der Waals surface area contributed by atoms with Gasteiger partial charge in [0.15, 0.2) is 11.0 Å². The Bertz CT molecular complexity index is 453. The van der Waals surface area contributed by atoms with E-state index in [0.717, 1.165) is 22.4 Å². The summed E-state index contributed by atoms with van der Waals surface area (Å²) < 4.78 is 1.93. The first kappa shape index (κ1) is 11.1. The topological polar surface area (TPSA) is 69.6 Å². The maximum absolute atomic E-state index is 5.45. The van der Waals surface area contributed by atoms with Crippen LogP contribution in [-0.2, 0) is 7.05 Å². The van der Waals surface area contributed by atoms with Crippen molar-refractivity contribution in [3.8, 4) is 11.5 Å². The molecule has 0 amide bonds. The summed E-state index contributed by atoms with van der Waals surface area (Å²) >= 11 is 1.60. The van der Waals surface area contributed by atoms with Crippen molar-refractivity contribution in [2.24, 2.45) is 12.8 Å². The molecule has 0 saturated carbocycles. The average molecular weight is 235 g/mol. The maximum atomic E-state index is 5.45. The van der Waals surface area contributed by atoms with Gasteiger partial charge in [0.05, 0.1) is 0 Å². The molecule has 0 aliphatic heterocycles. The molecule has 84 valence electrons. The van der Waals surface area contributed by atoms with Crippen LogP contribution in [0, 0.1) is 0 Å². The highest BCUT2D eigenvalue weighted by molar-refractivity contribution is 7.99. The lowest BCUT2D eigenvalue weighted by Gasteiger charge is -2.01. The predicted molar refractivity (Wildman–Crippen MR) is 64.0 cm³/mol. The van der Waals surface area contributed by atoms with Gasteiger partial charge in [0.1, 0.15) is 5.69 Å². The van der Waals surface area contributed by atoms with Crippen molar-refractivity contribution >= 4 is 11.8 Å². The lowest BCUT2D eigenvalue weighted by atomic mass is 10.3. The fraction of sp³-hybridized carbons (Fsp3) is 0.300. The van der Waals surface area contributed by atoms with Gasteiger partial charge in [-0.25, -0.2) is 0 Å². The maximum Gasteiger partial charge on any atom is 0.191 e. The molecular formula is C10H13N5S. The summed E-state index contributed by atoms with van der Waals surface area (Å²) in [7, 11) is 1.93. The molecule has 2 rings (SSSR count). The van der Waals surface area contributed by atoms with E-state index in [-0.39, 0.29) is 0 Å². The van der Waals surface area contributed by atoms with Crippen molar-refractivity contribution in [2.45, 2.75) is 5.16 Å². The van der Waals surface area contributed by atoms with Crippen molar-refractivity contribution < 1.29 is 0 Å². The monoisotopic (exact) mass is 235 g/mol. The van der Waals surface area contributed by atoms with E-state index in [0.29, 0.717) is 6.54 Å². The Labute approximate surface area is 98.1 Å². The van der Waals surface area contributed by atoms with Gasteiger partial charge in [0.25, 0.3) is 0 Å². The van der Waals surface area contributed by atoms with Crippen molar-refractivity contribution in [1.29, 1.82) is 0 Å². The van der Waals surface area contributed by atoms with E-state index in [9.17, 15) is 0 Å². The molecule has 0 aromatic carbocycles. The highest BCUT2D eigenvalue weighted by Crippen LogP contribution is 2.20. The van der Waals surface area contributed by atoms with Crippen LogP contribution in [0.3, 0.4) is 0 Å². The lowest BCUT2D eigenvalue weighted by molar-refractivity contribution is 0.792. The van der Waals surface area contributed by atoms with Gasteiger partial charge in [-0.3, -0.25) is 4.98 Å². The summed E-state index contributed by atoms with van der Waals surface area (Å²) in [4.78, 5) is 4.25. The summed E-state index contributed by atoms with van der Waals surface area (Å²) in [5.41, 5.74) is 6.28. The largest absolute Gasteiger partial charge is 0.330 e. The number of nitrogens with zero attached hydrogens (tertiary/aromatic N) is 4. The van der Waals surface area contributed by atoms with Crippen molar-refractivity contribution in [2.75, 3.05) is 12.3 Å². The molecule has 2 aromatic heterocycles. The Hall–Kier alpha value is -1.40. The molecule has 0 saturated heterocycles.